The number of carboxylic acids is 2. The summed E-state index contributed by atoms with van der Waals surface area (Å²) < 4.78 is 4.86. The highest BCUT2D eigenvalue weighted by Crippen LogP contribution is 2.20. The van der Waals surface area contributed by atoms with Gasteiger partial charge in [-0.3, -0.25) is 4.79 Å². The molecule has 0 aromatic heterocycles. The Morgan fingerprint density at radius 2 is 2.00 bits per heavy atom. The third kappa shape index (κ3) is 2.70. The molecule has 0 unspecified atom stereocenters. The number of hydrogen-bond acceptors (Lipinski definition) is 3. The highest BCUT2D eigenvalue weighted by atomic mass is 16.5. The zero-order valence-electron chi connectivity index (χ0n) is 8.06. The van der Waals surface area contributed by atoms with Crippen LogP contribution in [0.1, 0.15) is 15.9 Å². The van der Waals surface area contributed by atoms with Gasteiger partial charge in [-0.05, 0) is 17.7 Å². The molecule has 2 N–H and O–H groups in total. The van der Waals surface area contributed by atoms with Crippen LogP contribution in [0.5, 0.6) is 5.75 Å². The lowest BCUT2D eigenvalue weighted by Gasteiger charge is -2.06. The van der Waals surface area contributed by atoms with Crippen molar-refractivity contribution in [1.82, 2.24) is 0 Å². The molecule has 0 spiro atoms. The molecule has 1 aromatic carbocycles. The maximum Gasteiger partial charge on any atom is 0.339 e. The minimum absolute atomic E-state index is 0.0200. The Labute approximate surface area is 85.9 Å². The first-order chi connectivity index (χ1) is 7.04. The second kappa shape index (κ2) is 4.45. The monoisotopic (exact) mass is 210 g/mol. The predicted octanol–water partition coefficient (Wildman–Crippen LogP) is 1.02. The predicted molar refractivity (Wildman–Crippen MR) is 51.3 cm³/mol. The van der Waals surface area contributed by atoms with E-state index in [9.17, 15) is 9.59 Å². The molecule has 0 saturated heterocycles. The van der Waals surface area contributed by atoms with Gasteiger partial charge in [0.15, 0.2) is 0 Å². The number of carbonyl (C=O) groups is 2. The molecule has 1 rings (SSSR count). The van der Waals surface area contributed by atoms with Crippen molar-refractivity contribution in [1.29, 1.82) is 0 Å². The molecule has 1 aromatic rings. The van der Waals surface area contributed by atoms with Gasteiger partial charge in [0.25, 0.3) is 0 Å². The number of aromatic carboxylic acids is 1. The maximum atomic E-state index is 10.7. The number of hydrogen-bond donors (Lipinski definition) is 2. The standard InChI is InChI=1S/C10H10O5/c1-15-8-4-6(5-9(11)12)2-3-7(8)10(13)14/h2-4H,5H2,1H3,(H,11,12)(H,13,14). The van der Waals surface area contributed by atoms with Crippen LogP contribution < -0.4 is 4.74 Å². The largest absolute Gasteiger partial charge is 0.496 e. The highest BCUT2D eigenvalue weighted by molar-refractivity contribution is 5.91. The molecule has 0 bridgehead atoms. The molecule has 0 aliphatic carbocycles. The van der Waals surface area contributed by atoms with E-state index in [0.29, 0.717) is 5.56 Å². The Morgan fingerprint density at radius 1 is 1.33 bits per heavy atom. The summed E-state index contributed by atoms with van der Waals surface area (Å²) in [6.07, 6.45) is -0.156. The number of aliphatic carboxylic acids is 1. The van der Waals surface area contributed by atoms with Crippen LogP contribution in [0.25, 0.3) is 0 Å². The Morgan fingerprint density at radius 3 is 2.47 bits per heavy atom. The van der Waals surface area contributed by atoms with E-state index in [2.05, 4.69) is 0 Å². The Bertz CT molecular complexity index is 397. The SMILES string of the molecule is COc1cc(CC(=O)O)ccc1C(=O)O. The van der Waals surface area contributed by atoms with Gasteiger partial charge in [0.1, 0.15) is 11.3 Å². The smallest absolute Gasteiger partial charge is 0.339 e. The molecule has 5 nitrogen and oxygen atoms in total. The van der Waals surface area contributed by atoms with Crippen molar-refractivity contribution < 1.29 is 24.5 Å². The summed E-state index contributed by atoms with van der Waals surface area (Å²) in [7, 11) is 1.34. The van der Waals surface area contributed by atoms with Crippen LogP contribution in [-0.4, -0.2) is 29.3 Å². The summed E-state index contributed by atoms with van der Waals surface area (Å²) in [4.78, 5) is 21.1. The Hall–Kier alpha value is -2.04. The van der Waals surface area contributed by atoms with E-state index >= 15 is 0 Å². The number of methoxy groups -OCH3 is 1. The summed E-state index contributed by atoms with van der Waals surface area (Å²) in [5, 5.41) is 17.3. The van der Waals surface area contributed by atoms with Gasteiger partial charge in [0.05, 0.1) is 13.5 Å². The number of ether oxygens (including phenoxy) is 1. The molecular weight excluding hydrogens is 200 g/mol. The fourth-order valence-corrected chi connectivity index (χ4v) is 1.20. The van der Waals surface area contributed by atoms with Crippen LogP contribution in [0.4, 0.5) is 0 Å². The first-order valence-electron chi connectivity index (χ1n) is 4.16. The summed E-state index contributed by atoms with van der Waals surface area (Å²) in [6, 6.07) is 4.21. The molecule has 0 aliphatic heterocycles. The molecule has 0 amide bonds. The van der Waals surface area contributed by atoms with Crippen LogP contribution in [0, 0.1) is 0 Å². The second-order valence-corrected chi connectivity index (χ2v) is 2.91. The summed E-state index contributed by atoms with van der Waals surface area (Å²) in [5.41, 5.74) is 0.524. The van der Waals surface area contributed by atoms with Gasteiger partial charge in [-0.2, -0.15) is 0 Å². The number of benzene rings is 1. The van der Waals surface area contributed by atoms with E-state index in [1.807, 2.05) is 0 Å². The van der Waals surface area contributed by atoms with Crippen molar-refractivity contribution >= 4 is 11.9 Å². The van der Waals surface area contributed by atoms with Gasteiger partial charge in [-0.15, -0.1) is 0 Å². The molecule has 0 aliphatic rings. The fourth-order valence-electron chi connectivity index (χ4n) is 1.20. The van der Waals surface area contributed by atoms with Crippen molar-refractivity contribution in [2.75, 3.05) is 7.11 Å². The minimum Gasteiger partial charge on any atom is -0.496 e. The van der Waals surface area contributed by atoms with E-state index in [-0.39, 0.29) is 17.7 Å². The number of rotatable bonds is 4. The van der Waals surface area contributed by atoms with Gasteiger partial charge >= 0.3 is 11.9 Å². The second-order valence-electron chi connectivity index (χ2n) is 2.91. The van der Waals surface area contributed by atoms with Gasteiger partial charge in [-0.1, -0.05) is 6.07 Å². The van der Waals surface area contributed by atoms with Crippen LogP contribution in [0.2, 0.25) is 0 Å². The lowest BCUT2D eigenvalue weighted by Crippen LogP contribution is -2.04. The minimum atomic E-state index is -1.10. The summed E-state index contributed by atoms with van der Waals surface area (Å²) in [6.45, 7) is 0. The van der Waals surface area contributed by atoms with Crippen molar-refractivity contribution in [3.8, 4) is 5.75 Å². The molecule has 0 radical (unpaired) electrons. The summed E-state index contributed by atoms with van der Waals surface area (Å²) in [5.74, 6) is -1.91. The Kier molecular flexibility index (Phi) is 3.28. The molecule has 0 fully saturated rings. The van der Waals surface area contributed by atoms with Crippen LogP contribution >= 0.6 is 0 Å². The highest BCUT2D eigenvalue weighted by Gasteiger charge is 2.12. The molecule has 15 heavy (non-hydrogen) atoms. The first kappa shape index (κ1) is 11.0. The average molecular weight is 210 g/mol. The van der Waals surface area contributed by atoms with E-state index in [1.54, 1.807) is 0 Å². The van der Waals surface area contributed by atoms with Crippen LogP contribution in [-0.2, 0) is 11.2 Å². The van der Waals surface area contributed by atoms with Crippen LogP contribution in [0.15, 0.2) is 18.2 Å². The van der Waals surface area contributed by atoms with E-state index in [4.69, 9.17) is 14.9 Å². The van der Waals surface area contributed by atoms with Crippen LogP contribution in [0.3, 0.4) is 0 Å². The van der Waals surface area contributed by atoms with Gasteiger partial charge in [-0.25, -0.2) is 4.79 Å². The fraction of sp³-hybridized carbons (Fsp3) is 0.200. The van der Waals surface area contributed by atoms with E-state index < -0.39 is 11.9 Å². The molecule has 5 heteroatoms. The zero-order valence-corrected chi connectivity index (χ0v) is 8.06. The lowest BCUT2D eigenvalue weighted by atomic mass is 10.1. The van der Waals surface area contributed by atoms with Crippen molar-refractivity contribution in [3.63, 3.8) is 0 Å². The van der Waals surface area contributed by atoms with Crippen molar-refractivity contribution in [2.24, 2.45) is 0 Å². The third-order valence-electron chi connectivity index (χ3n) is 1.85. The average Bonchev–Trinajstić information content (AvgIpc) is 2.16. The van der Waals surface area contributed by atoms with E-state index in [1.165, 1.54) is 25.3 Å². The molecular formula is C10H10O5. The lowest BCUT2D eigenvalue weighted by molar-refractivity contribution is -0.136. The topological polar surface area (TPSA) is 83.8 Å². The first-order valence-corrected chi connectivity index (χ1v) is 4.16. The molecule has 80 valence electrons. The Balaban J connectivity index is 3.07. The third-order valence-corrected chi connectivity index (χ3v) is 1.85. The quantitative estimate of drug-likeness (QED) is 0.775. The van der Waals surface area contributed by atoms with Gasteiger partial charge < -0.3 is 14.9 Å². The van der Waals surface area contributed by atoms with E-state index in [0.717, 1.165) is 0 Å². The van der Waals surface area contributed by atoms with Crippen molar-refractivity contribution in [2.45, 2.75) is 6.42 Å². The van der Waals surface area contributed by atoms with Gasteiger partial charge in [0.2, 0.25) is 0 Å². The molecule has 0 heterocycles. The molecule has 0 atom stereocenters. The molecule has 0 saturated carbocycles. The normalized spacial score (nSPS) is 9.67. The summed E-state index contributed by atoms with van der Waals surface area (Å²) >= 11 is 0. The number of carboxylic acid groups (broad SMARTS) is 2. The van der Waals surface area contributed by atoms with Crippen molar-refractivity contribution in [3.05, 3.63) is 29.3 Å². The maximum absolute atomic E-state index is 10.7. The zero-order chi connectivity index (χ0) is 11.4. The van der Waals surface area contributed by atoms with Gasteiger partial charge in [0, 0.05) is 0 Å².